The highest BCUT2D eigenvalue weighted by Crippen LogP contribution is 2.29. The number of fused-ring (bicyclic) bond motifs is 1. The van der Waals surface area contributed by atoms with Crippen molar-refractivity contribution in [3.05, 3.63) is 78.1 Å². The summed E-state index contributed by atoms with van der Waals surface area (Å²) in [6.45, 7) is 0.154. The number of benzene rings is 2. The Morgan fingerprint density at radius 2 is 1.83 bits per heavy atom. The van der Waals surface area contributed by atoms with Crippen LogP contribution in [0.2, 0.25) is 0 Å². The molecule has 3 aromatic rings. The molecule has 0 bridgehead atoms. The number of ether oxygens (including phenoxy) is 1. The van der Waals surface area contributed by atoms with Crippen molar-refractivity contribution in [2.45, 2.75) is 18.4 Å². The summed E-state index contributed by atoms with van der Waals surface area (Å²) in [6, 6.07) is 19.0. The molecular formula is C23H21N3O4. The number of hydrogen-bond donors (Lipinski definition) is 1. The third-order valence-corrected chi connectivity index (χ3v) is 5.05. The topological polar surface area (TPSA) is 89.9 Å². The maximum absolute atomic E-state index is 12.5. The molecule has 7 nitrogen and oxygen atoms in total. The fourth-order valence-corrected chi connectivity index (χ4v) is 3.51. The molecule has 1 atom stereocenters. The van der Waals surface area contributed by atoms with Crippen LogP contribution in [0.3, 0.4) is 0 Å². The van der Waals surface area contributed by atoms with E-state index in [1.807, 2.05) is 54.6 Å². The number of esters is 1. The van der Waals surface area contributed by atoms with Crippen LogP contribution < -0.4 is 5.32 Å². The Morgan fingerprint density at radius 3 is 2.60 bits per heavy atom. The van der Waals surface area contributed by atoms with Gasteiger partial charge in [0.1, 0.15) is 5.69 Å². The molecule has 1 N–H and O–H groups in total. The quantitative estimate of drug-likeness (QED) is 0.639. The van der Waals surface area contributed by atoms with Crippen molar-refractivity contribution in [2.24, 2.45) is 5.16 Å². The van der Waals surface area contributed by atoms with Crippen LogP contribution in [0.1, 0.15) is 22.5 Å². The van der Waals surface area contributed by atoms with Crippen LogP contribution in [0.5, 0.6) is 0 Å². The van der Waals surface area contributed by atoms with E-state index in [0.717, 1.165) is 16.3 Å². The first-order valence-electron chi connectivity index (χ1n) is 9.59. The van der Waals surface area contributed by atoms with Gasteiger partial charge in [-0.3, -0.25) is 9.78 Å². The minimum absolute atomic E-state index is 0.154. The van der Waals surface area contributed by atoms with Gasteiger partial charge in [0.05, 0.1) is 19.4 Å². The molecule has 1 amide bonds. The molecule has 0 saturated heterocycles. The second-order valence-electron chi connectivity index (χ2n) is 7.17. The fraction of sp³-hybridized carbons (Fsp3) is 0.217. The fourth-order valence-electron chi connectivity index (χ4n) is 3.51. The molecule has 1 aliphatic rings. The van der Waals surface area contributed by atoms with Crippen molar-refractivity contribution in [1.82, 2.24) is 10.3 Å². The van der Waals surface area contributed by atoms with E-state index in [1.54, 1.807) is 12.3 Å². The third-order valence-electron chi connectivity index (χ3n) is 5.05. The molecule has 0 fully saturated rings. The van der Waals surface area contributed by atoms with Crippen molar-refractivity contribution in [3.63, 3.8) is 0 Å². The molecule has 2 aromatic carbocycles. The highest BCUT2D eigenvalue weighted by Gasteiger charge is 2.47. The van der Waals surface area contributed by atoms with Gasteiger partial charge in [-0.2, -0.15) is 0 Å². The first-order valence-corrected chi connectivity index (χ1v) is 9.59. The lowest BCUT2D eigenvalue weighted by molar-refractivity contribution is -0.166. The van der Waals surface area contributed by atoms with Gasteiger partial charge in [-0.25, -0.2) is 4.79 Å². The predicted molar refractivity (Wildman–Crippen MR) is 112 cm³/mol. The number of nitrogens with one attached hydrogen (secondary N) is 1. The van der Waals surface area contributed by atoms with Gasteiger partial charge in [-0.05, 0) is 17.0 Å². The largest absolute Gasteiger partial charge is 0.466 e. The van der Waals surface area contributed by atoms with Gasteiger partial charge in [-0.15, -0.1) is 0 Å². The minimum atomic E-state index is -1.22. The first kappa shape index (κ1) is 19.6. The predicted octanol–water partition coefficient (Wildman–Crippen LogP) is 2.90. The summed E-state index contributed by atoms with van der Waals surface area (Å²) < 4.78 is 4.96. The van der Waals surface area contributed by atoms with E-state index in [4.69, 9.17) is 9.57 Å². The van der Waals surface area contributed by atoms with Crippen LogP contribution >= 0.6 is 0 Å². The Hall–Kier alpha value is -3.74. The summed E-state index contributed by atoms with van der Waals surface area (Å²) in [5.41, 5.74) is 0.586. The Kier molecular flexibility index (Phi) is 5.43. The molecule has 0 aliphatic carbocycles. The van der Waals surface area contributed by atoms with Gasteiger partial charge in [0.2, 0.25) is 5.60 Å². The average molecular weight is 403 g/mol. The van der Waals surface area contributed by atoms with Crippen molar-refractivity contribution in [2.75, 3.05) is 13.7 Å². The summed E-state index contributed by atoms with van der Waals surface area (Å²) in [5, 5.41) is 8.75. The second-order valence-corrected chi connectivity index (χ2v) is 7.17. The number of carbonyl (C=O) groups excluding carboxylic acids is 2. The number of pyridine rings is 1. The van der Waals surface area contributed by atoms with Crippen LogP contribution in [0.4, 0.5) is 0 Å². The Labute approximate surface area is 173 Å². The normalized spacial score (nSPS) is 17.8. The molecule has 1 aromatic heterocycles. The smallest absolute Gasteiger partial charge is 0.353 e. The number of methoxy groups -OCH3 is 1. The molecule has 0 saturated carbocycles. The number of aromatic nitrogens is 1. The Morgan fingerprint density at radius 1 is 1.10 bits per heavy atom. The van der Waals surface area contributed by atoms with Crippen molar-refractivity contribution in [1.29, 1.82) is 0 Å². The van der Waals surface area contributed by atoms with Crippen molar-refractivity contribution in [3.8, 4) is 0 Å². The molecule has 152 valence electrons. The monoisotopic (exact) mass is 403 g/mol. The van der Waals surface area contributed by atoms with Crippen LogP contribution in [0.25, 0.3) is 10.8 Å². The number of hydrogen-bond acceptors (Lipinski definition) is 6. The number of amides is 1. The van der Waals surface area contributed by atoms with Gasteiger partial charge in [0, 0.05) is 24.4 Å². The second kappa shape index (κ2) is 8.32. The number of rotatable bonds is 6. The van der Waals surface area contributed by atoms with Gasteiger partial charge in [-0.1, -0.05) is 59.8 Å². The highest BCUT2D eigenvalue weighted by molar-refractivity contribution is 6.00. The van der Waals surface area contributed by atoms with Gasteiger partial charge in [0.25, 0.3) is 5.91 Å². The Balaban J connectivity index is 1.42. The highest BCUT2D eigenvalue weighted by atomic mass is 16.7. The van der Waals surface area contributed by atoms with E-state index in [9.17, 15) is 9.59 Å². The molecule has 1 aliphatic heterocycles. The summed E-state index contributed by atoms with van der Waals surface area (Å²) in [4.78, 5) is 34.8. The molecule has 7 heteroatoms. The van der Waals surface area contributed by atoms with Crippen molar-refractivity contribution < 1.29 is 19.2 Å². The summed E-state index contributed by atoms with van der Waals surface area (Å²) in [5.74, 6) is -0.810. The summed E-state index contributed by atoms with van der Waals surface area (Å²) in [7, 11) is 1.32. The summed E-state index contributed by atoms with van der Waals surface area (Å²) >= 11 is 0. The van der Waals surface area contributed by atoms with Crippen LogP contribution in [-0.4, -0.2) is 41.8 Å². The lowest BCUT2D eigenvalue weighted by atomic mass is 9.89. The average Bonchev–Trinajstić information content (AvgIpc) is 3.21. The molecule has 0 spiro atoms. The maximum atomic E-state index is 12.5. The zero-order valence-electron chi connectivity index (χ0n) is 16.5. The molecular weight excluding hydrogens is 382 g/mol. The number of oxime groups is 1. The van der Waals surface area contributed by atoms with Gasteiger partial charge < -0.3 is 14.9 Å². The molecule has 4 rings (SSSR count). The van der Waals surface area contributed by atoms with Gasteiger partial charge in [0.15, 0.2) is 0 Å². The number of nitrogens with zero attached hydrogens (tertiary/aromatic N) is 2. The van der Waals surface area contributed by atoms with Crippen LogP contribution in [0.15, 0.2) is 72.0 Å². The minimum Gasteiger partial charge on any atom is -0.466 e. The molecule has 2 heterocycles. The summed E-state index contributed by atoms with van der Waals surface area (Å²) in [6.07, 6.45) is 2.23. The van der Waals surface area contributed by atoms with Gasteiger partial charge >= 0.3 is 5.97 Å². The molecule has 30 heavy (non-hydrogen) atoms. The van der Waals surface area contributed by atoms with Crippen molar-refractivity contribution >= 4 is 28.4 Å². The van der Waals surface area contributed by atoms with Crippen LogP contribution in [-0.2, 0) is 20.8 Å². The first-order chi connectivity index (χ1) is 14.6. The Bertz CT molecular complexity index is 1110. The zero-order valence-corrected chi connectivity index (χ0v) is 16.5. The lowest BCUT2D eigenvalue weighted by Crippen LogP contribution is -2.43. The molecule has 0 radical (unpaired) electrons. The maximum Gasteiger partial charge on any atom is 0.353 e. The number of carbonyl (C=O) groups is 2. The van der Waals surface area contributed by atoms with E-state index in [1.165, 1.54) is 7.11 Å². The lowest BCUT2D eigenvalue weighted by Gasteiger charge is -2.23. The molecule has 1 unspecified atom stereocenters. The SMILES string of the molecule is COC(=O)C1(Cc2ccccc2)CC(CNC(=O)c2cc3ccccc3cn2)=NO1. The van der Waals surface area contributed by atoms with E-state index in [2.05, 4.69) is 15.5 Å². The third kappa shape index (κ3) is 4.00. The zero-order chi connectivity index (χ0) is 21.0. The van der Waals surface area contributed by atoms with E-state index >= 15 is 0 Å². The van der Waals surface area contributed by atoms with E-state index < -0.39 is 11.6 Å². The standard InChI is InChI=1S/C23H21N3O4/c1-29-22(28)23(12-16-7-3-2-4-8-16)13-19(26-30-23)15-25-21(27)20-11-17-9-5-6-10-18(17)14-24-20/h2-11,14H,12-13,15H2,1H3,(H,25,27). The van der Waals surface area contributed by atoms with E-state index in [0.29, 0.717) is 17.8 Å². The van der Waals surface area contributed by atoms with Crippen LogP contribution in [0, 0.1) is 0 Å². The van der Waals surface area contributed by atoms with E-state index in [-0.39, 0.29) is 18.9 Å².